The summed E-state index contributed by atoms with van der Waals surface area (Å²) in [7, 11) is 1.50. The van der Waals surface area contributed by atoms with E-state index in [4.69, 9.17) is 9.47 Å². The van der Waals surface area contributed by atoms with Crippen LogP contribution in [-0.4, -0.2) is 25.1 Å². The number of fused-ring (bicyclic) bond motifs is 1. The van der Waals surface area contributed by atoms with E-state index in [1.807, 2.05) is 0 Å². The number of anilines is 1. The molecule has 0 aliphatic rings. The van der Waals surface area contributed by atoms with Crippen LogP contribution in [0.3, 0.4) is 0 Å². The monoisotopic (exact) mass is 373 g/mol. The summed E-state index contributed by atoms with van der Waals surface area (Å²) < 4.78 is 24.4. The summed E-state index contributed by atoms with van der Waals surface area (Å²) >= 11 is 1.18. The molecule has 1 aromatic heterocycles. The molecule has 1 amide bonds. The Kier molecular flexibility index (Phi) is 5.18. The quantitative estimate of drug-likeness (QED) is 0.680. The van der Waals surface area contributed by atoms with Gasteiger partial charge in [-0.3, -0.25) is 4.79 Å². The Morgan fingerprint density at radius 1 is 1.15 bits per heavy atom. The number of amides is 1. The first-order valence-corrected chi connectivity index (χ1v) is 8.63. The van der Waals surface area contributed by atoms with E-state index >= 15 is 0 Å². The van der Waals surface area contributed by atoms with E-state index in [2.05, 4.69) is 5.32 Å². The molecule has 2 aromatic carbocycles. The largest absolute Gasteiger partial charge is 0.495 e. The number of thiophene rings is 1. The third kappa shape index (κ3) is 3.83. The Morgan fingerprint density at radius 3 is 2.69 bits per heavy atom. The highest BCUT2D eigenvalue weighted by Crippen LogP contribution is 2.27. The maximum Gasteiger partial charge on any atom is 0.349 e. The second-order valence-corrected chi connectivity index (χ2v) is 6.61. The van der Waals surface area contributed by atoms with Crippen LogP contribution in [0.4, 0.5) is 10.1 Å². The standard InChI is InChI=1S/C19H16FNO4S/c1-11(18(22)21-14-5-3-4-6-15(14)24-2)25-19(23)17-10-12-9-13(20)7-8-16(12)26-17/h3-11H,1-2H3,(H,21,22)/t11-/m0/s1. The van der Waals surface area contributed by atoms with Gasteiger partial charge >= 0.3 is 5.97 Å². The van der Waals surface area contributed by atoms with Crippen molar-refractivity contribution in [3.8, 4) is 5.75 Å². The normalized spacial score (nSPS) is 11.8. The highest BCUT2D eigenvalue weighted by molar-refractivity contribution is 7.20. The summed E-state index contributed by atoms with van der Waals surface area (Å²) in [5.41, 5.74) is 0.486. The molecule has 0 bridgehead atoms. The summed E-state index contributed by atoms with van der Waals surface area (Å²) in [4.78, 5) is 24.9. The average Bonchev–Trinajstić information content (AvgIpc) is 3.05. The Hall–Kier alpha value is -2.93. The average molecular weight is 373 g/mol. The first kappa shape index (κ1) is 17.9. The van der Waals surface area contributed by atoms with E-state index in [0.717, 1.165) is 4.70 Å². The number of para-hydroxylation sites is 2. The zero-order valence-electron chi connectivity index (χ0n) is 14.1. The molecule has 134 valence electrons. The van der Waals surface area contributed by atoms with Crippen molar-refractivity contribution < 1.29 is 23.5 Å². The number of halogens is 1. The van der Waals surface area contributed by atoms with Crippen molar-refractivity contribution in [3.63, 3.8) is 0 Å². The second-order valence-electron chi connectivity index (χ2n) is 5.53. The molecule has 0 spiro atoms. The number of rotatable bonds is 5. The van der Waals surface area contributed by atoms with Gasteiger partial charge in [0.05, 0.1) is 12.8 Å². The minimum atomic E-state index is -1.01. The Morgan fingerprint density at radius 2 is 1.92 bits per heavy atom. The summed E-state index contributed by atoms with van der Waals surface area (Å²) in [6.07, 6.45) is -1.01. The van der Waals surface area contributed by atoms with E-state index in [0.29, 0.717) is 21.7 Å². The lowest BCUT2D eigenvalue weighted by molar-refractivity contribution is -0.123. The van der Waals surface area contributed by atoms with Crippen molar-refractivity contribution in [3.05, 3.63) is 59.2 Å². The molecule has 3 aromatic rings. The third-order valence-electron chi connectivity index (χ3n) is 3.70. The zero-order chi connectivity index (χ0) is 18.7. The van der Waals surface area contributed by atoms with Gasteiger partial charge in [0.2, 0.25) is 0 Å². The molecule has 0 saturated heterocycles. The molecule has 1 N–H and O–H groups in total. The smallest absolute Gasteiger partial charge is 0.349 e. The van der Waals surface area contributed by atoms with Gasteiger partial charge < -0.3 is 14.8 Å². The van der Waals surface area contributed by atoms with Crippen LogP contribution in [0, 0.1) is 5.82 Å². The van der Waals surface area contributed by atoms with Crippen LogP contribution in [0.1, 0.15) is 16.6 Å². The van der Waals surface area contributed by atoms with Crippen molar-refractivity contribution >= 4 is 39.0 Å². The van der Waals surface area contributed by atoms with Crippen molar-refractivity contribution in [1.29, 1.82) is 0 Å². The molecule has 0 aliphatic heterocycles. The van der Waals surface area contributed by atoms with Gasteiger partial charge in [0.1, 0.15) is 16.4 Å². The fraction of sp³-hybridized carbons (Fsp3) is 0.158. The Bertz CT molecular complexity index is 969. The molecule has 0 fully saturated rings. The number of hydrogen-bond donors (Lipinski definition) is 1. The van der Waals surface area contributed by atoms with E-state index < -0.39 is 18.0 Å². The molecule has 0 radical (unpaired) electrons. The number of esters is 1. The van der Waals surface area contributed by atoms with Crippen LogP contribution in [-0.2, 0) is 9.53 Å². The van der Waals surface area contributed by atoms with Crippen molar-refractivity contribution in [2.45, 2.75) is 13.0 Å². The minimum Gasteiger partial charge on any atom is -0.495 e. The summed E-state index contributed by atoms with van der Waals surface area (Å²) in [6.45, 7) is 1.48. The minimum absolute atomic E-state index is 0.308. The van der Waals surface area contributed by atoms with Crippen LogP contribution in [0.2, 0.25) is 0 Å². The number of carbonyl (C=O) groups excluding carboxylic acids is 2. The van der Waals surface area contributed by atoms with E-state index in [1.54, 1.807) is 36.4 Å². The fourth-order valence-electron chi connectivity index (χ4n) is 2.37. The lowest BCUT2D eigenvalue weighted by Gasteiger charge is -2.14. The molecule has 3 rings (SSSR count). The molecular formula is C19H16FNO4S. The lowest BCUT2D eigenvalue weighted by atomic mass is 10.2. The van der Waals surface area contributed by atoms with Crippen LogP contribution in [0.5, 0.6) is 5.75 Å². The van der Waals surface area contributed by atoms with Crippen LogP contribution < -0.4 is 10.1 Å². The lowest BCUT2D eigenvalue weighted by Crippen LogP contribution is -2.29. The van der Waals surface area contributed by atoms with E-state index in [1.165, 1.54) is 37.5 Å². The summed E-state index contributed by atoms with van der Waals surface area (Å²) in [5.74, 6) is -0.977. The zero-order valence-corrected chi connectivity index (χ0v) is 14.9. The van der Waals surface area contributed by atoms with Gasteiger partial charge in [-0.1, -0.05) is 12.1 Å². The molecule has 1 atom stereocenters. The van der Waals surface area contributed by atoms with Gasteiger partial charge in [-0.2, -0.15) is 0 Å². The molecule has 5 nitrogen and oxygen atoms in total. The number of ether oxygens (including phenoxy) is 2. The van der Waals surface area contributed by atoms with Crippen molar-refractivity contribution in [2.24, 2.45) is 0 Å². The number of nitrogens with one attached hydrogen (secondary N) is 1. The molecular weight excluding hydrogens is 357 g/mol. The Labute approximate surface area is 153 Å². The number of benzene rings is 2. The topological polar surface area (TPSA) is 64.6 Å². The van der Waals surface area contributed by atoms with Gasteiger partial charge in [0.15, 0.2) is 6.10 Å². The highest BCUT2D eigenvalue weighted by atomic mass is 32.1. The van der Waals surface area contributed by atoms with E-state index in [-0.39, 0.29) is 5.82 Å². The molecule has 1 heterocycles. The SMILES string of the molecule is COc1ccccc1NC(=O)[C@H](C)OC(=O)c1cc2cc(F)ccc2s1. The van der Waals surface area contributed by atoms with E-state index in [9.17, 15) is 14.0 Å². The summed E-state index contributed by atoms with van der Waals surface area (Å²) in [5, 5.41) is 3.28. The molecule has 0 unspecified atom stereocenters. The predicted molar refractivity (Wildman–Crippen MR) is 98.3 cm³/mol. The third-order valence-corrected chi connectivity index (χ3v) is 4.79. The first-order valence-electron chi connectivity index (χ1n) is 7.82. The predicted octanol–water partition coefficient (Wildman–Crippen LogP) is 4.23. The first-order chi connectivity index (χ1) is 12.5. The van der Waals surface area contributed by atoms with Crippen molar-refractivity contribution in [1.82, 2.24) is 0 Å². The van der Waals surface area contributed by atoms with Crippen LogP contribution >= 0.6 is 11.3 Å². The molecule has 0 saturated carbocycles. The fourth-order valence-corrected chi connectivity index (χ4v) is 3.30. The van der Waals surface area contributed by atoms with Crippen LogP contribution in [0.15, 0.2) is 48.5 Å². The van der Waals surface area contributed by atoms with Crippen LogP contribution in [0.25, 0.3) is 10.1 Å². The highest BCUT2D eigenvalue weighted by Gasteiger charge is 2.21. The Balaban J connectivity index is 1.68. The second kappa shape index (κ2) is 7.53. The van der Waals surface area contributed by atoms with Crippen molar-refractivity contribution in [2.75, 3.05) is 12.4 Å². The van der Waals surface area contributed by atoms with Gasteiger partial charge in [0, 0.05) is 4.70 Å². The van der Waals surface area contributed by atoms with Gasteiger partial charge in [0.25, 0.3) is 5.91 Å². The van der Waals surface area contributed by atoms with Gasteiger partial charge in [-0.05, 0) is 48.7 Å². The number of carbonyl (C=O) groups is 2. The van der Waals surface area contributed by atoms with Gasteiger partial charge in [-0.25, -0.2) is 9.18 Å². The number of methoxy groups -OCH3 is 1. The molecule has 7 heteroatoms. The summed E-state index contributed by atoms with van der Waals surface area (Å²) in [6, 6.07) is 12.8. The molecule has 0 aliphatic carbocycles. The molecule has 26 heavy (non-hydrogen) atoms. The maximum absolute atomic E-state index is 13.3. The van der Waals surface area contributed by atoms with Gasteiger partial charge in [-0.15, -0.1) is 11.3 Å². The number of hydrogen-bond acceptors (Lipinski definition) is 5. The maximum atomic E-state index is 13.3.